The summed E-state index contributed by atoms with van der Waals surface area (Å²) in [5.41, 5.74) is 2.83. The highest BCUT2D eigenvalue weighted by Crippen LogP contribution is 2.21. The molecule has 0 aliphatic carbocycles. The smallest absolute Gasteiger partial charge is 0.256 e. The van der Waals surface area contributed by atoms with Gasteiger partial charge >= 0.3 is 0 Å². The van der Waals surface area contributed by atoms with E-state index in [1.165, 1.54) is 0 Å². The Morgan fingerprint density at radius 2 is 2.00 bits per heavy atom. The van der Waals surface area contributed by atoms with Crippen LogP contribution in [0.15, 0.2) is 18.2 Å². The molecule has 1 aromatic rings. The summed E-state index contributed by atoms with van der Waals surface area (Å²) in [6.07, 6.45) is 0.974. The lowest BCUT2D eigenvalue weighted by Crippen LogP contribution is -2.38. The average molecular weight is 262 g/mol. The van der Waals surface area contributed by atoms with Gasteiger partial charge in [-0.15, -0.1) is 0 Å². The number of hydrogen-bond acceptors (Lipinski definition) is 2. The zero-order valence-corrected chi connectivity index (χ0v) is 12.8. The number of benzene rings is 1. The fourth-order valence-corrected chi connectivity index (χ4v) is 2.21. The molecular formula is C16H26N2O. The van der Waals surface area contributed by atoms with E-state index in [-0.39, 0.29) is 11.9 Å². The van der Waals surface area contributed by atoms with Gasteiger partial charge in [-0.25, -0.2) is 0 Å². The Bertz CT molecular complexity index is 429. The predicted molar refractivity (Wildman–Crippen MR) is 81.8 cm³/mol. The molecule has 19 heavy (non-hydrogen) atoms. The van der Waals surface area contributed by atoms with E-state index < -0.39 is 0 Å². The Morgan fingerprint density at radius 1 is 1.32 bits per heavy atom. The summed E-state index contributed by atoms with van der Waals surface area (Å²) >= 11 is 0. The van der Waals surface area contributed by atoms with Crippen molar-refractivity contribution in [2.75, 3.05) is 18.4 Å². The number of carbonyl (C=O) groups is 1. The summed E-state index contributed by atoms with van der Waals surface area (Å²) in [5.74, 6) is 0.122. The molecule has 1 aromatic carbocycles. The van der Waals surface area contributed by atoms with E-state index >= 15 is 0 Å². The topological polar surface area (TPSA) is 32.3 Å². The maximum absolute atomic E-state index is 12.7. The lowest BCUT2D eigenvalue weighted by atomic mass is 10.1. The van der Waals surface area contributed by atoms with E-state index in [4.69, 9.17) is 0 Å². The van der Waals surface area contributed by atoms with Gasteiger partial charge in [-0.2, -0.15) is 0 Å². The number of anilines is 1. The van der Waals surface area contributed by atoms with Crippen molar-refractivity contribution in [1.82, 2.24) is 4.90 Å². The molecule has 0 aliphatic heterocycles. The Labute approximate surface area is 117 Å². The number of nitrogens with one attached hydrogen (secondary N) is 1. The molecule has 1 N–H and O–H groups in total. The van der Waals surface area contributed by atoms with E-state index in [0.29, 0.717) is 0 Å². The third kappa shape index (κ3) is 3.72. The number of nitrogens with zero attached hydrogens (tertiary/aromatic N) is 1. The van der Waals surface area contributed by atoms with Crippen LogP contribution in [0, 0.1) is 6.92 Å². The van der Waals surface area contributed by atoms with Gasteiger partial charge in [-0.3, -0.25) is 4.79 Å². The molecule has 0 radical (unpaired) electrons. The van der Waals surface area contributed by atoms with Gasteiger partial charge in [0.15, 0.2) is 0 Å². The Balaban J connectivity index is 3.12. The quantitative estimate of drug-likeness (QED) is 0.848. The molecule has 1 amide bonds. The van der Waals surface area contributed by atoms with Crippen molar-refractivity contribution >= 4 is 11.6 Å². The predicted octanol–water partition coefficient (Wildman–Crippen LogP) is 3.69. The molecule has 0 bridgehead atoms. The van der Waals surface area contributed by atoms with Crippen LogP contribution in [-0.2, 0) is 0 Å². The summed E-state index contributed by atoms with van der Waals surface area (Å²) in [4.78, 5) is 14.7. The number of amides is 1. The molecular weight excluding hydrogens is 236 g/mol. The van der Waals surface area contributed by atoms with E-state index in [2.05, 4.69) is 19.2 Å². The first-order valence-corrected chi connectivity index (χ1v) is 7.20. The van der Waals surface area contributed by atoms with Crippen LogP contribution in [0.5, 0.6) is 0 Å². The minimum Gasteiger partial charge on any atom is -0.385 e. The van der Waals surface area contributed by atoms with E-state index in [1.807, 2.05) is 43.9 Å². The van der Waals surface area contributed by atoms with Gasteiger partial charge in [-0.1, -0.05) is 18.6 Å². The van der Waals surface area contributed by atoms with Gasteiger partial charge in [0.1, 0.15) is 0 Å². The fraction of sp³-hybridized carbons (Fsp3) is 0.562. The first kappa shape index (κ1) is 15.5. The van der Waals surface area contributed by atoms with Crippen molar-refractivity contribution in [3.63, 3.8) is 0 Å². The van der Waals surface area contributed by atoms with Crippen molar-refractivity contribution in [2.45, 2.75) is 47.1 Å². The number of rotatable bonds is 6. The third-order valence-corrected chi connectivity index (χ3v) is 3.50. The van der Waals surface area contributed by atoms with Crippen molar-refractivity contribution in [3.8, 4) is 0 Å². The molecule has 1 atom stereocenters. The first-order chi connectivity index (χ1) is 9.04. The lowest BCUT2D eigenvalue weighted by molar-refractivity contribution is 0.0701. The van der Waals surface area contributed by atoms with Gasteiger partial charge in [0.05, 0.1) is 5.56 Å². The fourth-order valence-electron chi connectivity index (χ4n) is 2.21. The van der Waals surface area contributed by atoms with Crippen LogP contribution in [0.3, 0.4) is 0 Å². The van der Waals surface area contributed by atoms with Gasteiger partial charge in [0.25, 0.3) is 5.91 Å². The minimum absolute atomic E-state index is 0.122. The first-order valence-electron chi connectivity index (χ1n) is 7.20. The number of hydrogen-bond donors (Lipinski definition) is 1. The normalized spacial score (nSPS) is 12.1. The van der Waals surface area contributed by atoms with Crippen LogP contribution in [0.4, 0.5) is 5.69 Å². The maximum atomic E-state index is 12.7. The van der Waals surface area contributed by atoms with Gasteiger partial charge in [0, 0.05) is 24.8 Å². The van der Waals surface area contributed by atoms with Crippen LogP contribution in [0.1, 0.15) is 50.0 Å². The van der Waals surface area contributed by atoms with E-state index in [9.17, 15) is 4.79 Å². The van der Waals surface area contributed by atoms with E-state index in [0.717, 1.165) is 36.3 Å². The number of carbonyl (C=O) groups excluding carboxylic acids is 1. The third-order valence-electron chi connectivity index (χ3n) is 3.50. The molecule has 3 heteroatoms. The van der Waals surface area contributed by atoms with Crippen LogP contribution < -0.4 is 5.32 Å². The molecule has 106 valence electrons. The average Bonchev–Trinajstić information content (AvgIpc) is 2.41. The maximum Gasteiger partial charge on any atom is 0.256 e. The Morgan fingerprint density at radius 3 is 2.53 bits per heavy atom. The van der Waals surface area contributed by atoms with Crippen molar-refractivity contribution in [2.24, 2.45) is 0 Å². The second-order valence-electron chi connectivity index (χ2n) is 4.93. The van der Waals surface area contributed by atoms with Crippen molar-refractivity contribution < 1.29 is 4.79 Å². The zero-order valence-electron chi connectivity index (χ0n) is 12.8. The van der Waals surface area contributed by atoms with Gasteiger partial charge in [-0.05, 0) is 46.2 Å². The molecule has 0 aromatic heterocycles. The van der Waals surface area contributed by atoms with Gasteiger partial charge in [0.2, 0.25) is 0 Å². The van der Waals surface area contributed by atoms with Crippen LogP contribution >= 0.6 is 0 Å². The molecule has 1 rings (SSSR count). The summed E-state index contributed by atoms with van der Waals surface area (Å²) in [5, 5.41) is 3.27. The molecule has 0 heterocycles. The second kappa shape index (κ2) is 7.17. The second-order valence-corrected chi connectivity index (χ2v) is 4.93. The molecule has 0 saturated heterocycles. The molecule has 0 aliphatic rings. The zero-order chi connectivity index (χ0) is 14.4. The number of aryl methyl sites for hydroxylation is 1. The standard InChI is InChI=1S/C16H26N2O/c1-6-13(5)18(8-3)16(19)14-11-12(4)9-10-15(14)17-7-2/h9-11,13,17H,6-8H2,1-5H3. The van der Waals surface area contributed by atoms with Crippen molar-refractivity contribution in [1.29, 1.82) is 0 Å². The molecule has 1 unspecified atom stereocenters. The molecule has 0 saturated carbocycles. The summed E-state index contributed by atoms with van der Waals surface area (Å²) in [6.45, 7) is 11.9. The van der Waals surface area contributed by atoms with Crippen LogP contribution in [-0.4, -0.2) is 29.9 Å². The summed E-state index contributed by atoms with van der Waals surface area (Å²) in [7, 11) is 0. The largest absolute Gasteiger partial charge is 0.385 e. The highest BCUT2D eigenvalue weighted by atomic mass is 16.2. The lowest BCUT2D eigenvalue weighted by Gasteiger charge is -2.28. The summed E-state index contributed by atoms with van der Waals surface area (Å²) in [6, 6.07) is 6.28. The highest BCUT2D eigenvalue weighted by Gasteiger charge is 2.21. The molecule has 3 nitrogen and oxygen atoms in total. The van der Waals surface area contributed by atoms with Crippen molar-refractivity contribution in [3.05, 3.63) is 29.3 Å². The monoisotopic (exact) mass is 262 g/mol. The Kier molecular flexibility index (Phi) is 5.87. The Hall–Kier alpha value is -1.51. The molecule has 0 spiro atoms. The van der Waals surface area contributed by atoms with Gasteiger partial charge < -0.3 is 10.2 Å². The molecule has 0 fully saturated rings. The van der Waals surface area contributed by atoms with Crippen LogP contribution in [0.2, 0.25) is 0 Å². The SMILES string of the molecule is CCNc1ccc(C)cc1C(=O)N(CC)C(C)CC. The minimum atomic E-state index is 0.122. The van der Waals surface area contributed by atoms with Crippen LogP contribution in [0.25, 0.3) is 0 Å². The highest BCUT2D eigenvalue weighted by molar-refractivity contribution is 6.00. The summed E-state index contributed by atoms with van der Waals surface area (Å²) < 4.78 is 0. The van der Waals surface area contributed by atoms with E-state index in [1.54, 1.807) is 0 Å².